The lowest BCUT2D eigenvalue weighted by Crippen LogP contribution is -2.27. The van der Waals surface area contributed by atoms with Crippen LogP contribution in [-0.4, -0.2) is 17.0 Å². The lowest BCUT2D eigenvalue weighted by molar-refractivity contribution is -0.111. The summed E-state index contributed by atoms with van der Waals surface area (Å²) >= 11 is 0. The molecule has 0 aromatic carbocycles. The number of rotatable bonds is 4. The quantitative estimate of drug-likeness (QED) is 0.686. The summed E-state index contributed by atoms with van der Waals surface area (Å²) in [6, 6.07) is 1.78. The summed E-state index contributed by atoms with van der Waals surface area (Å²) in [5, 5.41) is 9.61. The number of furan rings is 1. The van der Waals surface area contributed by atoms with Gasteiger partial charge < -0.3 is 14.3 Å². The van der Waals surface area contributed by atoms with Gasteiger partial charge in [0.25, 0.3) is 0 Å². The zero-order chi connectivity index (χ0) is 9.03. The minimum atomic E-state index is -0.953. The molecule has 1 rings (SSSR count). The highest BCUT2D eigenvalue weighted by molar-refractivity contribution is 5.51. The summed E-state index contributed by atoms with van der Waals surface area (Å²) in [5.74, 6) is 0. The number of aliphatic hydroxyl groups is 1. The van der Waals surface area contributed by atoms with Crippen LogP contribution in [0.3, 0.4) is 0 Å². The zero-order valence-corrected chi connectivity index (χ0v) is 6.99. The summed E-state index contributed by atoms with van der Waals surface area (Å²) in [7, 11) is 0. The normalized spacial score (nSPS) is 15.5. The van der Waals surface area contributed by atoms with Crippen molar-refractivity contribution >= 4 is 6.29 Å². The SMILES string of the molecule is CC(O)(CC=O)Cc1ccoc1. The van der Waals surface area contributed by atoms with E-state index in [9.17, 15) is 9.90 Å². The van der Waals surface area contributed by atoms with Crippen molar-refractivity contribution in [3.63, 3.8) is 0 Å². The van der Waals surface area contributed by atoms with Gasteiger partial charge in [-0.05, 0) is 18.6 Å². The molecule has 0 saturated heterocycles. The predicted molar refractivity (Wildman–Crippen MR) is 43.7 cm³/mol. The highest BCUT2D eigenvalue weighted by atomic mass is 16.3. The largest absolute Gasteiger partial charge is 0.472 e. The van der Waals surface area contributed by atoms with Crippen molar-refractivity contribution < 1.29 is 14.3 Å². The van der Waals surface area contributed by atoms with Crippen LogP contribution in [0, 0.1) is 0 Å². The average Bonchev–Trinajstić information content (AvgIpc) is 2.38. The number of hydrogen-bond donors (Lipinski definition) is 1. The van der Waals surface area contributed by atoms with E-state index in [1.807, 2.05) is 0 Å². The van der Waals surface area contributed by atoms with Crippen LogP contribution in [0.1, 0.15) is 18.9 Å². The minimum Gasteiger partial charge on any atom is -0.472 e. The molecule has 3 nitrogen and oxygen atoms in total. The number of hydrogen-bond acceptors (Lipinski definition) is 3. The molecule has 0 amide bonds. The van der Waals surface area contributed by atoms with Crippen molar-refractivity contribution in [2.45, 2.75) is 25.4 Å². The maximum Gasteiger partial charge on any atom is 0.122 e. The molecule has 66 valence electrons. The molecule has 0 aliphatic heterocycles. The first-order valence-electron chi connectivity index (χ1n) is 3.81. The fraction of sp³-hybridized carbons (Fsp3) is 0.444. The first-order chi connectivity index (χ1) is 5.64. The van der Waals surface area contributed by atoms with E-state index in [0.717, 1.165) is 11.8 Å². The standard InChI is InChI=1S/C9H12O3/c1-9(11,3-4-10)6-8-2-5-12-7-8/h2,4-5,7,11H,3,6H2,1H3. The summed E-state index contributed by atoms with van der Waals surface area (Å²) in [6.07, 6.45) is 4.44. The Balaban J connectivity index is 2.55. The second kappa shape index (κ2) is 3.54. The van der Waals surface area contributed by atoms with E-state index in [2.05, 4.69) is 0 Å². The van der Waals surface area contributed by atoms with Crippen LogP contribution in [0.5, 0.6) is 0 Å². The van der Waals surface area contributed by atoms with Crippen molar-refractivity contribution in [2.75, 3.05) is 0 Å². The van der Waals surface area contributed by atoms with E-state index in [0.29, 0.717) is 6.42 Å². The number of carbonyl (C=O) groups excluding carboxylic acids is 1. The van der Waals surface area contributed by atoms with Crippen LogP contribution >= 0.6 is 0 Å². The minimum absolute atomic E-state index is 0.151. The molecule has 0 saturated carbocycles. The molecule has 3 heteroatoms. The molecule has 0 bridgehead atoms. The second-order valence-electron chi connectivity index (χ2n) is 3.18. The van der Waals surface area contributed by atoms with Gasteiger partial charge in [-0.15, -0.1) is 0 Å². The highest BCUT2D eigenvalue weighted by Crippen LogP contribution is 2.15. The van der Waals surface area contributed by atoms with Crippen LogP contribution in [-0.2, 0) is 11.2 Å². The zero-order valence-electron chi connectivity index (χ0n) is 6.99. The van der Waals surface area contributed by atoms with Gasteiger partial charge in [0.15, 0.2) is 0 Å². The van der Waals surface area contributed by atoms with Crippen molar-refractivity contribution in [2.24, 2.45) is 0 Å². The van der Waals surface area contributed by atoms with Gasteiger partial charge in [-0.3, -0.25) is 0 Å². The van der Waals surface area contributed by atoms with Crippen LogP contribution in [0.4, 0.5) is 0 Å². The van der Waals surface area contributed by atoms with Gasteiger partial charge in [0.1, 0.15) is 6.29 Å². The van der Waals surface area contributed by atoms with E-state index in [4.69, 9.17) is 4.42 Å². The fourth-order valence-electron chi connectivity index (χ4n) is 1.08. The highest BCUT2D eigenvalue weighted by Gasteiger charge is 2.20. The third-order valence-electron chi connectivity index (χ3n) is 1.69. The lowest BCUT2D eigenvalue weighted by Gasteiger charge is -2.18. The smallest absolute Gasteiger partial charge is 0.122 e. The maximum absolute atomic E-state index is 10.2. The fourth-order valence-corrected chi connectivity index (χ4v) is 1.08. The molecular formula is C9H12O3. The summed E-state index contributed by atoms with van der Waals surface area (Å²) in [4.78, 5) is 10.2. The van der Waals surface area contributed by atoms with Crippen LogP contribution < -0.4 is 0 Å². The van der Waals surface area contributed by atoms with Gasteiger partial charge in [-0.1, -0.05) is 0 Å². The van der Waals surface area contributed by atoms with Gasteiger partial charge in [0.05, 0.1) is 18.1 Å². The topological polar surface area (TPSA) is 50.4 Å². The maximum atomic E-state index is 10.2. The Morgan fingerprint density at radius 1 is 1.75 bits per heavy atom. The molecule has 1 atom stereocenters. The van der Waals surface area contributed by atoms with Crippen LogP contribution in [0.15, 0.2) is 23.0 Å². The molecule has 1 heterocycles. The summed E-state index contributed by atoms with van der Waals surface area (Å²) < 4.78 is 4.84. The van der Waals surface area contributed by atoms with Gasteiger partial charge in [-0.25, -0.2) is 0 Å². The van der Waals surface area contributed by atoms with E-state index in [1.54, 1.807) is 25.5 Å². The van der Waals surface area contributed by atoms with Crippen LogP contribution in [0.2, 0.25) is 0 Å². The summed E-state index contributed by atoms with van der Waals surface area (Å²) in [5.41, 5.74) is -0.0483. The molecule has 0 aliphatic rings. The van der Waals surface area contributed by atoms with Crippen molar-refractivity contribution in [1.29, 1.82) is 0 Å². The van der Waals surface area contributed by atoms with Gasteiger partial charge in [0, 0.05) is 12.8 Å². The Hall–Kier alpha value is -1.09. The molecule has 1 unspecified atom stereocenters. The first kappa shape index (κ1) is 9.00. The molecule has 0 radical (unpaired) electrons. The molecular weight excluding hydrogens is 156 g/mol. The van der Waals surface area contributed by atoms with Crippen molar-refractivity contribution in [3.8, 4) is 0 Å². The number of aldehydes is 1. The van der Waals surface area contributed by atoms with Crippen molar-refractivity contribution in [3.05, 3.63) is 24.2 Å². The monoisotopic (exact) mass is 168 g/mol. The molecule has 1 N–H and O–H groups in total. The Labute approximate surface area is 71.0 Å². The molecule has 0 spiro atoms. The van der Waals surface area contributed by atoms with Gasteiger partial charge in [0.2, 0.25) is 0 Å². The lowest BCUT2D eigenvalue weighted by atomic mass is 9.95. The van der Waals surface area contributed by atoms with Gasteiger partial charge in [-0.2, -0.15) is 0 Å². The van der Waals surface area contributed by atoms with Gasteiger partial charge >= 0.3 is 0 Å². The van der Waals surface area contributed by atoms with E-state index in [1.165, 1.54) is 0 Å². The third-order valence-corrected chi connectivity index (χ3v) is 1.69. The Morgan fingerprint density at radius 2 is 2.50 bits per heavy atom. The molecule has 0 fully saturated rings. The predicted octanol–water partition coefficient (Wildman–Crippen LogP) is 1.16. The molecule has 12 heavy (non-hydrogen) atoms. The Kier molecular flexibility index (Phi) is 2.65. The Bertz CT molecular complexity index is 236. The van der Waals surface area contributed by atoms with E-state index >= 15 is 0 Å². The molecule has 0 aliphatic carbocycles. The van der Waals surface area contributed by atoms with Crippen LogP contribution in [0.25, 0.3) is 0 Å². The average molecular weight is 168 g/mol. The third kappa shape index (κ3) is 2.51. The summed E-state index contributed by atoms with van der Waals surface area (Å²) in [6.45, 7) is 1.63. The molecule has 1 aromatic rings. The second-order valence-corrected chi connectivity index (χ2v) is 3.18. The Morgan fingerprint density at radius 3 is 3.00 bits per heavy atom. The molecule has 1 aromatic heterocycles. The first-order valence-corrected chi connectivity index (χ1v) is 3.81. The van der Waals surface area contributed by atoms with Crippen molar-refractivity contribution in [1.82, 2.24) is 0 Å². The van der Waals surface area contributed by atoms with E-state index < -0.39 is 5.60 Å². The number of carbonyl (C=O) groups is 1. The van der Waals surface area contributed by atoms with E-state index in [-0.39, 0.29) is 6.42 Å².